The van der Waals surface area contributed by atoms with Crippen LogP contribution in [-0.2, 0) is 9.53 Å². The number of ether oxygens (including phenoxy) is 1. The summed E-state index contributed by atoms with van der Waals surface area (Å²) in [4.78, 5) is 13.6. The molecule has 3 nitrogen and oxygen atoms in total. The van der Waals surface area contributed by atoms with Gasteiger partial charge in [-0.1, -0.05) is 5.57 Å². The minimum atomic E-state index is 0.157. The average molecular weight is 181 g/mol. The highest BCUT2D eigenvalue weighted by Gasteiger charge is 2.44. The number of fused-ring (bicyclic) bond motifs is 2. The van der Waals surface area contributed by atoms with Gasteiger partial charge in [-0.05, 0) is 20.3 Å². The summed E-state index contributed by atoms with van der Waals surface area (Å²) in [6.07, 6.45) is 2.84. The van der Waals surface area contributed by atoms with Crippen LogP contribution in [0.25, 0.3) is 0 Å². The van der Waals surface area contributed by atoms with E-state index in [4.69, 9.17) is 4.74 Å². The van der Waals surface area contributed by atoms with Gasteiger partial charge in [0.05, 0.1) is 25.3 Å². The molecule has 0 saturated carbocycles. The van der Waals surface area contributed by atoms with Crippen molar-refractivity contribution in [3.05, 3.63) is 11.6 Å². The number of carbonyl (C=O) groups is 1. The van der Waals surface area contributed by atoms with Crippen LogP contribution in [0.2, 0.25) is 0 Å². The molecular formula is C10H15NO2. The van der Waals surface area contributed by atoms with Crippen LogP contribution in [0.1, 0.15) is 20.3 Å². The van der Waals surface area contributed by atoms with E-state index in [9.17, 15) is 4.79 Å². The van der Waals surface area contributed by atoms with Crippen LogP contribution in [0.3, 0.4) is 0 Å². The lowest BCUT2D eigenvalue weighted by molar-refractivity contribution is -0.162. The average Bonchev–Trinajstić information content (AvgIpc) is 2.03. The van der Waals surface area contributed by atoms with Gasteiger partial charge in [0.25, 0.3) is 0 Å². The van der Waals surface area contributed by atoms with Gasteiger partial charge in [0.15, 0.2) is 0 Å². The molecule has 3 heterocycles. The fraction of sp³-hybridized carbons (Fsp3) is 0.700. The van der Waals surface area contributed by atoms with Crippen LogP contribution in [0.15, 0.2) is 11.6 Å². The fourth-order valence-corrected chi connectivity index (χ4v) is 2.02. The van der Waals surface area contributed by atoms with Crippen molar-refractivity contribution in [3.63, 3.8) is 0 Å². The summed E-state index contributed by atoms with van der Waals surface area (Å²) in [6.45, 7) is 5.34. The molecule has 3 fully saturated rings. The molecular weight excluding hydrogens is 166 g/mol. The van der Waals surface area contributed by atoms with Gasteiger partial charge in [-0.2, -0.15) is 0 Å². The largest absolute Gasteiger partial charge is 0.377 e. The molecule has 3 aliphatic rings. The molecule has 72 valence electrons. The Morgan fingerprint density at radius 3 is 2.46 bits per heavy atom. The highest BCUT2D eigenvalue weighted by atomic mass is 16.5. The van der Waals surface area contributed by atoms with E-state index in [0.717, 1.165) is 25.2 Å². The topological polar surface area (TPSA) is 29.5 Å². The van der Waals surface area contributed by atoms with Gasteiger partial charge in [-0.15, -0.1) is 0 Å². The molecule has 3 aliphatic heterocycles. The maximum Gasteiger partial charge on any atom is 0.247 e. The van der Waals surface area contributed by atoms with Gasteiger partial charge in [-0.25, -0.2) is 0 Å². The number of carbonyl (C=O) groups excluding carboxylic acids is 1. The van der Waals surface area contributed by atoms with Crippen molar-refractivity contribution in [2.45, 2.75) is 32.4 Å². The number of rotatable bonds is 1. The zero-order valence-electron chi connectivity index (χ0n) is 8.12. The second-order valence-electron chi connectivity index (χ2n) is 4.05. The zero-order valence-corrected chi connectivity index (χ0v) is 8.12. The molecule has 1 amide bonds. The Labute approximate surface area is 78.4 Å². The van der Waals surface area contributed by atoms with Crippen molar-refractivity contribution in [1.82, 2.24) is 4.90 Å². The summed E-state index contributed by atoms with van der Waals surface area (Å²) < 4.78 is 5.30. The first-order valence-electron chi connectivity index (χ1n) is 4.73. The van der Waals surface area contributed by atoms with E-state index in [1.807, 2.05) is 18.7 Å². The van der Waals surface area contributed by atoms with Gasteiger partial charge in [-0.3, -0.25) is 4.79 Å². The second-order valence-corrected chi connectivity index (χ2v) is 4.05. The summed E-state index contributed by atoms with van der Waals surface area (Å²) in [7, 11) is 0. The Hall–Kier alpha value is -0.830. The van der Waals surface area contributed by atoms with Crippen molar-refractivity contribution in [2.24, 2.45) is 0 Å². The summed E-state index contributed by atoms with van der Waals surface area (Å²) in [5.74, 6) is 0.157. The number of nitrogens with zero attached hydrogens (tertiary/aromatic N) is 1. The molecule has 0 N–H and O–H groups in total. The number of hydrogen-bond donors (Lipinski definition) is 0. The first kappa shape index (κ1) is 8.75. The molecule has 2 atom stereocenters. The van der Waals surface area contributed by atoms with E-state index in [1.54, 1.807) is 6.08 Å². The SMILES string of the molecule is CC(C)=CC(=O)N1C2COCC1C2. The predicted molar refractivity (Wildman–Crippen MR) is 49.3 cm³/mol. The lowest BCUT2D eigenvalue weighted by Gasteiger charge is -2.51. The lowest BCUT2D eigenvalue weighted by Crippen LogP contribution is -2.65. The molecule has 0 radical (unpaired) electrons. The van der Waals surface area contributed by atoms with E-state index >= 15 is 0 Å². The van der Waals surface area contributed by atoms with Crippen molar-refractivity contribution >= 4 is 5.91 Å². The van der Waals surface area contributed by atoms with E-state index in [1.165, 1.54) is 0 Å². The van der Waals surface area contributed by atoms with Crippen LogP contribution >= 0.6 is 0 Å². The van der Waals surface area contributed by atoms with Crippen LogP contribution < -0.4 is 0 Å². The summed E-state index contributed by atoms with van der Waals surface area (Å²) in [6, 6.07) is 0.698. The Morgan fingerprint density at radius 1 is 1.38 bits per heavy atom. The first-order valence-corrected chi connectivity index (χ1v) is 4.73. The third kappa shape index (κ3) is 1.48. The van der Waals surface area contributed by atoms with E-state index in [0.29, 0.717) is 12.1 Å². The Bertz CT molecular complexity index is 242. The smallest absolute Gasteiger partial charge is 0.247 e. The van der Waals surface area contributed by atoms with Crippen LogP contribution in [0, 0.1) is 0 Å². The van der Waals surface area contributed by atoms with Crippen LogP contribution in [0.4, 0.5) is 0 Å². The number of morpholine rings is 1. The van der Waals surface area contributed by atoms with Gasteiger partial charge in [0.1, 0.15) is 0 Å². The van der Waals surface area contributed by atoms with E-state index in [-0.39, 0.29) is 5.91 Å². The molecule has 3 rings (SSSR count). The molecule has 0 aliphatic carbocycles. The Balaban J connectivity index is 2.02. The molecule has 3 saturated heterocycles. The molecule has 0 aromatic rings. The standard InChI is InChI=1S/C10H15NO2/c1-7(2)3-10(12)11-8-4-9(11)6-13-5-8/h3,8-9H,4-6H2,1-2H3. The molecule has 2 unspecified atom stereocenters. The molecule has 0 aromatic heterocycles. The monoisotopic (exact) mass is 181 g/mol. The first-order chi connectivity index (χ1) is 6.18. The third-order valence-corrected chi connectivity index (χ3v) is 2.62. The molecule has 3 heteroatoms. The molecule has 2 bridgehead atoms. The third-order valence-electron chi connectivity index (χ3n) is 2.62. The van der Waals surface area contributed by atoms with Crippen molar-refractivity contribution in [1.29, 1.82) is 0 Å². The van der Waals surface area contributed by atoms with E-state index < -0.39 is 0 Å². The molecule has 0 spiro atoms. The minimum absolute atomic E-state index is 0.157. The number of amides is 1. The quantitative estimate of drug-likeness (QED) is 0.564. The molecule has 13 heavy (non-hydrogen) atoms. The lowest BCUT2D eigenvalue weighted by atomic mass is 9.91. The summed E-state index contributed by atoms with van der Waals surface area (Å²) in [5.41, 5.74) is 1.07. The summed E-state index contributed by atoms with van der Waals surface area (Å²) >= 11 is 0. The minimum Gasteiger partial charge on any atom is -0.377 e. The normalized spacial score (nSPS) is 30.8. The van der Waals surface area contributed by atoms with Gasteiger partial charge in [0, 0.05) is 6.08 Å². The Kier molecular flexibility index (Phi) is 2.12. The summed E-state index contributed by atoms with van der Waals surface area (Å²) in [5, 5.41) is 0. The predicted octanol–water partition coefficient (Wildman–Crippen LogP) is 0.952. The zero-order chi connectivity index (χ0) is 9.42. The van der Waals surface area contributed by atoms with Gasteiger partial charge in [0.2, 0.25) is 5.91 Å². The highest BCUT2D eigenvalue weighted by Crippen LogP contribution is 2.30. The second kappa shape index (κ2) is 3.14. The van der Waals surface area contributed by atoms with Gasteiger partial charge < -0.3 is 9.64 Å². The fourth-order valence-electron chi connectivity index (χ4n) is 2.02. The maximum atomic E-state index is 11.6. The van der Waals surface area contributed by atoms with Crippen molar-refractivity contribution in [3.8, 4) is 0 Å². The maximum absolute atomic E-state index is 11.6. The number of hydrogen-bond acceptors (Lipinski definition) is 2. The van der Waals surface area contributed by atoms with Crippen LogP contribution in [0.5, 0.6) is 0 Å². The Morgan fingerprint density at radius 2 is 2.00 bits per heavy atom. The van der Waals surface area contributed by atoms with E-state index in [2.05, 4.69) is 0 Å². The van der Waals surface area contributed by atoms with Gasteiger partial charge >= 0.3 is 0 Å². The molecule has 0 aromatic carbocycles. The number of allylic oxidation sites excluding steroid dienone is 1. The highest BCUT2D eigenvalue weighted by molar-refractivity contribution is 5.89. The van der Waals surface area contributed by atoms with Crippen molar-refractivity contribution < 1.29 is 9.53 Å². The van der Waals surface area contributed by atoms with Crippen molar-refractivity contribution in [2.75, 3.05) is 13.2 Å². The van der Waals surface area contributed by atoms with Crippen LogP contribution in [-0.4, -0.2) is 36.1 Å².